The lowest BCUT2D eigenvalue weighted by Crippen LogP contribution is -2.44. The minimum atomic E-state index is -0.109. The summed E-state index contributed by atoms with van der Waals surface area (Å²) in [6, 6.07) is 21.7. The van der Waals surface area contributed by atoms with Crippen LogP contribution in [0.15, 0.2) is 66.7 Å². The molecule has 1 N–H and O–H groups in total. The molecule has 0 spiro atoms. The topological polar surface area (TPSA) is 60.0 Å². The molecule has 6 heteroatoms. The Labute approximate surface area is 188 Å². The highest BCUT2D eigenvalue weighted by Crippen LogP contribution is 2.42. The van der Waals surface area contributed by atoms with Gasteiger partial charge in [0.05, 0.1) is 27.4 Å². The molecule has 0 aliphatic carbocycles. The molecule has 0 radical (unpaired) electrons. The molecule has 32 heavy (non-hydrogen) atoms. The Bertz CT molecular complexity index is 1070. The number of carbonyl (C=O) groups excluding carboxylic acids is 1. The minimum absolute atomic E-state index is 0.0160. The van der Waals surface area contributed by atoms with E-state index in [4.69, 9.17) is 14.2 Å². The SMILES string of the molecule is COc1cc(C(=O)N2c3ccccc3[C@@H](Nc3ccccc3)C[C@@H]2C)cc(OC)c1OC. The summed E-state index contributed by atoms with van der Waals surface area (Å²) < 4.78 is 16.3. The van der Waals surface area contributed by atoms with Gasteiger partial charge in [0.25, 0.3) is 5.91 Å². The zero-order valence-electron chi connectivity index (χ0n) is 18.8. The van der Waals surface area contributed by atoms with Gasteiger partial charge in [-0.2, -0.15) is 0 Å². The Hall–Kier alpha value is -3.67. The molecule has 6 nitrogen and oxygen atoms in total. The minimum Gasteiger partial charge on any atom is -0.493 e. The van der Waals surface area contributed by atoms with Gasteiger partial charge in [-0.3, -0.25) is 4.79 Å². The fraction of sp³-hybridized carbons (Fsp3) is 0.269. The summed E-state index contributed by atoms with van der Waals surface area (Å²) in [5.41, 5.74) is 3.54. The van der Waals surface area contributed by atoms with Gasteiger partial charge < -0.3 is 24.4 Å². The van der Waals surface area contributed by atoms with Crippen LogP contribution in [0.5, 0.6) is 17.2 Å². The molecule has 0 saturated carbocycles. The predicted molar refractivity (Wildman–Crippen MR) is 126 cm³/mol. The smallest absolute Gasteiger partial charge is 0.258 e. The molecule has 0 aromatic heterocycles. The van der Waals surface area contributed by atoms with Crippen LogP contribution in [0.25, 0.3) is 0 Å². The van der Waals surface area contributed by atoms with E-state index in [-0.39, 0.29) is 18.0 Å². The highest BCUT2D eigenvalue weighted by molar-refractivity contribution is 6.08. The molecule has 1 amide bonds. The van der Waals surface area contributed by atoms with Gasteiger partial charge in [0.2, 0.25) is 5.75 Å². The molecule has 2 atom stereocenters. The molecule has 0 saturated heterocycles. The summed E-state index contributed by atoms with van der Waals surface area (Å²) in [6.45, 7) is 2.07. The van der Waals surface area contributed by atoms with Gasteiger partial charge in [-0.05, 0) is 49.2 Å². The second kappa shape index (κ2) is 9.22. The Kier molecular flexibility index (Phi) is 6.21. The van der Waals surface area contributed by atoms with Gasteiger partial charge >= 0.3 is 0 Å². The van der Waals surface area contributed by atoms with E-state index in [0.717, 1.165) is 23.4 Å². The van der Waals surface area contributed by atoms with Gasteiger partial charge in [0.1, 0.15) is 0 Å². The van der Waals surface area contributed by atoms with Gasteiger partial charge in [-0.25, -0.2) is 0 Å². The maximum Gasteiger partial charge on any atom is 0.258 e. The van der Waals surface area contributed by atoms with Crippen molar-refractivity contribution in [2.24, 2.45) is 0 Å². The van der Waals surface area contributed by atoms with Crippen molar-refractivity contribution >= 4 is 17.3 Å². The standard InChI is InChI=1S/C26H28N2O4/c1-17-14-21(27-19-10-6-5-7-11-19)20-12-8-9-13-22(20)28(17)26(29)18-15-23(30-2)25(32-4)24(16-18)31-3/h5-13,15-17,21,27H,14H2,1-4H3/t17-,21-/m0/s1. The van der Waals surface area contributed by atoms with Crippen LogP contribution in [0.1, 0.15) is 35.3 Å². The number of amides is 1. The van der Waals surface area contributed by atoms with Crippen LogP contribution in [-0.2, 0) is 0 Å². The summed E-state index contributed by atoms with van der Waals surface area (Å²) in [6.07, 6.45) is 0.780. The van der Waals surface area contributed by atoms with E-state index in [1.807, 2.05) is 41.3 Å². The maximum atomic E-state index is 13.7. The molecule has 1 aliphatic rings. The van der Waals surface area contributed by atoms with E-state index in [2.05, 4.69) is 30.4 Å². The van der Waals surface area contributed by atoms with Crippen molar-refractivity contribution in [3.8, 4) is 17.2 Å². The quantitative estimate of drug-likeness (QED) is 0.572. The first-order valence-corrected chi connectivity index (χ1v) is 10.6. The monoisotopic (exact) mass is 432 g/mol. The van der Waals surface area contributed by atoms with Crippen molar-refractivity contribution in [2.75, 3.05) is 31.5 Å². The highest BCUT2D eigenvalue weighted by Gasteiger charge is 2.34. The Morgan fingerprint density at radius 2 is 1.53 bits per heavy atom. The molecule has 3 aromatic carbocycles. The van der Waals surface area contributed by atoms with Crippen LogP contribution in [0, 0.1) is 0 Å². The zero-order chi connectivity index (χ0) is 22.7. The fourth-order valence-corrected chi connectivity index (χ4v) is 4.34. The highest BCUT2D eigenvalue weighted by atomic mass is 16.5. The molecule has 4 rings (SSSR count). The van der Waals surface area contributed by atoms with Crippen LogP contribution in [-0.4, -0.2) is 33.3 Å². The van der Waals surface area contributed by atoms with Gasteiger partial charge in [0.15, 0.2) is 11.5 Å². The first-order valence-electron chi connectivity index (χ1n) is 10.6. The number of ether oxygens (including phenoxy) is 3. The molecular weight excluding hydrogens is 404 g/mol. The van der Waals surface area contributed by atoms with Crippen LogP contribution in [0.4, 0.5) is 11.4 Å². The van der Waals surface area contributed by atoms with Crippen molar-refractivity contribution in [3.63, 3.8) is 0 Å². The molecule has 3 aromatic rings. The summed E-state index contributed by atoms with van der Waals surface area (Å²) in [5.74, 6) is 1.27. The van der Waals surface area contributed by atoms with E-state index in [9.17, 15) is 4.79 Å². The summed E-state index contributed by atoms with van der Waals surface area (Å²) >= 11 is 0. The van der Waals surface area contributed by atoms with Gasteiger partial charge in [-0.15, -0.1) is 0 Å². The average molecular weight is 433 g/mol. The van der Waals surface area contributed by atoms with Crippen LogP contribution >= 0.6 is 0 Å². The van der Waals surface area contributed by atoms with E-state index >= 15 is 0 Å². The Morgan fingerprint density at radius 1 is 0.906 bits per heavy atom. The van der Waals surface area contributed by atoms with Crippen molar-refractivity contribution < 1.29 is 19.0 Å². The number of nitrogens with zero attached hydrogens (tertiary/aromatic N) is 1. The van der Waals surface area contributed by atoms with Gasteiger partial charge in [-0.1, -0.05) is 36.4 Å². The van der Waals surface area contributed by atoms with Crippen molar-refractivity contribution in [2.45, 2.75) is 25.4 Å². The number of fused-ring (bicyclic) bond motifs is 1. The van der Waals surface area contributed by atoms with E-state index in [0.29, 0.717) is 22.8 Å². The second-order valence-electron chi connectivity index (χ2n) is 7.80. The number of benzene rings is 3. The van der Waals surface area contributed by atoms with Crippen LogP contribution in [0.3, 0.4) is 0 Å². The van der Waals surface area contributed by atoms with Crippen LogP contribution < -0.4 is 24.4 Å². The predicted octanol–water partition coefficient (Wildman–Crippen LogP) is 5.30. The molecule has 1 heterocycles. The lowest BCUT2D eigenvalue weighted by Gasteiger charge is -2.40. The van der Waals surface area contributed by atoms with E-state index in [1.54, 1.807) is 33.5 Å². The molecule has 0 bridgehead atoms. The number of hydrogen-bond donors (Lipinski definition) is 1. The van der Waals surface area contributed by atoms with E-state index in [1.165, 1.54) is 0 Å². The third-order valence-corrected chi connectivity index (χ3v) is 5.83. The van der Waals surface area contributed by atoms with E-state index < -0.39 is 0 Å². The average Bonchev–Trinajstić information content (AvgIpc) is 2.83. The maximum absolute atomic E-state index is 13.7. The summed E-state index contributed by atoms with van der Waals surface area (Å²) in [5, 5.41) is 3.62. The lowest BCUT2D eigenvalue weighted by molar-refractivity contribution is 0.0973. The number of nitrogens with one attached hydrogen (secondary N) is 1. The number of carbonyl (C=O) groups is 1. The first kappa shape index (κ1) is 21.6. The molecule has 1 aliphatic heterocycles. The normalized spacial score (nSPS) is 17.3. The third kappa shape index (κ3) is 3.96. The Morgan fingerprint density at radius 3 is 2.16 bits per heavy atom. The zero-order valence-corrected chi connectivity index (χ0v) is 18.8. The first-order chi connectivity index (χ1) is 15.6. The third-order valence-electron chi connectivity index (χ3n) is 5.83. The lowest BCUT2D eigenvalue weighted by atomic mass is 9.90. The molecule has 0 unspecified atom stereocenters. The van der Waals surface area contributed by atoms with Crippen molar-refractivity contribution in [1.29, 1.82) is 0 Å². The number of hydrogen-bond acceptors (Lipinski definition) is 5. The number of anilines is 2. The largest absolute Gasteiger partial charge is 0.493 e. The number of rotatable bonds is 6. The van der Waals surface area contributed by atoms with Crippen LogP contribution in [0.2, 0.25) is 0 Å². The molecule has 166 valence electrons. The van der Waals surface area contributed by atoms with Gasteiger partial charge in [0, 0.05) is 23.0 Å². The van der Waals surface area contributed by atoms with Crippen molar-refractivity contribution in [1.82, 2.24) is 0 Å². The second-order valence-corrected chi connectivity index (χ2v) is 7.80. The number of methoxy groups -OCH3 is 3. The molecule has 0 fully saturated rings. The Balaban J connectivity index is 1.72. The summed E-state index contributed by atoms with van der Waals surface area (Å²) in [4.78, 5) is 15.6. The molecular formula is C26H28N2O4. The van der Waals surface area contributed by atoms with Crippen molar-refractivity contribution in [3.05, 3.63) is 77.9 Å². The summed E-state index contributed by atoms with van der Waals surface area (Å²) in [7, 11) is 4.64. The number of para-hydroxylation sites is 2. The fourth-order valence-electron chi connectivity index (χ4n) is 4.34.